The first-order valence-corrected chi connectivity index (χ1v) is 13.6. The maximum atomic E-state index is 13.1. The first kappa shape index (κ1) is 24.7. The lowest BCUT2D eigenvalue weighted by molar-refractivity contribution is -0.126. The number of ether oxygens (including phenoxy) is 1. The number of nitrogens with zero attached hydrogens (tertiary/aromatic N) is 2. The molecule has 7 nitrogen and oxygen atoms in total. The zero-order valence-corrected chi connectivity index (χ0v) is 20.7. The molecule has 0 spiro atoms. The fourth-order valence-electron chi connectivity index (χ4n) is 4.82. The maximum Gasteiger partial charge on any atom is 0.243 e. The molecule has 2 fully saturated rings. The molecule has 2 aliphatic rings. The number of piperidine rings is 2. The van der Waals surface area contributed by atoms with Gasteiger partial charge >= 0.3 is 0 Å². The largest absolute Gasteiger partial charge is 0.497 e. The number of methoxy groups -OCH3 is 1. The second-order valence-corrected chi connectivity index (χ2v) is 11.2. The Bertz CT molecular complexity index is 1070. The first-order chi connectivity index (χ1) is 16.5. The molecule has 1 atom stereocenters. The van der Waals surface area contributed by atoms with Gasteiger partial charge in [0.2, 0.25) is 15.9 Å². The van der Waals surface area contributed by atoms with Crippen LogP contribution in [0.25, 0.3) is 0 Å². The molecule has 2 aromatic carbocycles. The van der Waals surface area contributed by atoms with Gasteiger partial charge in [0, 0.05) is 26.2 Å². The molecule has 34 heavy (non-hydrogen) atoms. The summed E-state index contributed by atoms with van der Waals surface area (Å²) in [5.41, 5.74) is 2.34. The number of carbonyl (C=O) groups excluding carboxylic acids is 1. The van der Waals surface area contributed by atoms with E-state index in [9.17, 15) is 13.2 Å². The van der Waals surface area contributed by atoms with Crippen molar-refractivity contribution in [1.29, 1.82) is 0 Å². The Kier molecular flexibility index (Phi) is 8.24. The Morgan fingerprint density at radius 2 is 1.74 bits per heavy atom. The van der Waals surface area contributed by atoms with Crippen LogP contribution in [-0.2, 0) is 27.9 Å². The molecule has 2 aliphatic heterocycles. The van der Waals surface area contributed by atoms with E-state index in [1.54, 1.807) is 31.4 Å². The highest BCUT2D eigenvalue weighted by Gasteiger charge is 2.33. The van der Waals surface area contributed by atoms with E-state index in [-0.39, 0.29) is 23.3 Å². The van der Waals surface area contributed by atoms with Gasteiger partial charge in [-0.15, -0.1) is 0 Å². The lowest BCUT2D eigenvalue weighted by atomic mass is 9.98. The molecular formula is C26H35N3O4S. The summed E-state index contributed by atoms with van der Waals surface area (Å²) in [5, 5.41) is 3.04. The SMILES string of the molecule is COc1ccc(S(=O)(=O)N2CCC[C@H](C(=O)NCc3cccc(CN4CCCCC4)c3)C2)cc1. The number of sulfonamides is 1. The van der Waals surface area contributed by atoms with Gasteiger partial charge in [-0.2, -0.15) is 4.31 Å². The number of hydrogen-bond acceptors (Lipinski definition) is 5. The standard InChI is InChI=1S/C26H35N3O4S/c1-33-24-10-12-25(13-11-24)34(31,32)29-16-6-9-23(20-29)26(30)27-18-21-7-5-8-22(17-21)19-28-14-3-2-4-15-28/h5,7-8,10-13,17,23H,2-4,6,9,14-16,18-20H2,1H3,(H,27,30)/t23-/m0/s1. The average molecular weight is 486 g/mol. The topological polar surface area (TPSA) is 79.0 Å². The molecule has 2 saturated heterocycles. The fourth-order valence-corrected chi connectivity index (χ4v) is 6.34. The summed E-state index contributed by atoms with van der Waals surface area (Å²) in [4.78, 5) is 15.6. The lowest BCUT2D eigenvalue weighted by Gasteiger charge is -2.31. The third kappa shape index (κ3) is 6.17. The van der Waals surface area contributed by atoms with E-state index in [0.717, 1.165) is 25.2 Å². The molecule has 0 radical (unpaired) electrons. The molecule has 1 N–H and O–H groups in total. The molecule has 2 heterocycles. The van der Waals surface area contributed by atoms with Crippen molar-refractivity contribution in [2.75, 3.05) is 33.3 Å². The summed E-state index contributed by atoms with van der Waals surface area (Å²) in [6.07, 6.45) is 5.21. The summed E-state index contributed by atoms with van der Waals surface area (Å²) in [6.45, 7) is 4.33. The van der Waals surface area contributed by atoms with Crippen LogP contribution in [0.1, 0.15) is 43.2 Å². The number of carbonyl (C=O) groups is 1. The van der Waals surface area contributed by atoms with E-state index >= 15 is 0 Å². The van der Waals surface area contributed by atoms with Gasteiger partial charge in [0.25, 0.3) is 0 Å². The normalized spacial score (nSPS) is 20.1. The van der Waals surface area contributed by atoms with Crippen LogP contribution in [0.2, 0.25) is 0 Å². The van der Waals surface area contributed by atoms with Crippen molar-refractivity contribution in [3.05, 3.63) is 59.7 Å². The van der Waals surface area contributed by atoms with Gasteiger partial charge in [-0.25, -0.2) is 8.42 Å². The van der Waals surface area contributed by atoms with E-state index in [4.69, 9.17) is 4.74 Å². The van der Waals surface area contributed by atoms with Crippen molar-refractivity contribution in [1.82, 2.24) is 14.5 Å². The van der Waals surface area contributed by atoms with Gasteiger partial charge in [0.1, 0.15) is 5.75 Å². The van der Waals surface area contributed by atoms with Crippen molar-refractivity contribution in [2.24, 2.45) is 5.92 Å². The molecule has 184 valence electrons. The second-order valence-electron chi connectivity index (χ2n) is 9.25. The van der Waals surface area contributed by atoms with Crippen LogP contribution < -0.4 is 10.1 Å². The number of amides is 1. The highest BCUT2D eigenvalue weighted by Crippen LogP contribution is 2.25. The molecule has 0 bridgehead atoms. The highest BCUT2D eigenvalue weighted by atomic mass is 32.2. The summed E-state index contributed by atoms with van der Waals surface area (Å²) >= 11 is 0. The van der Waals surface area contributed by atoms with Crippen molar-refractivity contribution in [3.8, 4) is 5.75 Å². The molecule has 0 unspecified atom stereocenters. The van der Waals surface area contributed by atoms with E-state index in [0.29, 0.717) is 31.7 Å². The van der Waals surface area contributed by atoms with E-state index < -0.39 is 10.0 Å². The molecule has 0 aliphatic carbocycles. The quantitative estimate of drug-likeness (QED) is 0.620. The summed E-state index contributed by atoms with van der Waals surface area (Å²) in [6, 6.07) is 14.8. The highest BCUT2D eigenvalue weighted by molar-refractivity contribution is 7.89. The Hall–Kier alpha value is -2.42. The minimum atomic E-state index is -3.65. The maximum absolute atomic E-state index is 13.1. The third-order valence-corrected chi connectivity index (χ3v) is 8.64. The van der Waals surface area contributed by atoms with Gasteiger partial charge < -0.3 is 10.1 Å². The monoisotopic (exact) mass is 485 g/mol. The van der Waals surface area contributed by atoms with Crippen LogP contribution in [0.4, 0.5) is 0 Å². The number of rotatable bonds is 8. The summed E-state index contributed by atoms with van der Waals surface area (Å²) in [5.74, 6) is 0.171. The predicted molar refractivity (Wildman–Crippen MR) is 132 cm³/mol. The second kappa shape index (κ2) is 11.3. The van der Waals surface area contributed by atoms with Gasteiger partial charge in [0.05, 0.1) is 17.9 Å². The number of nitrogens with one attached hydrogen (secondary N) is 1. The Balaban J connectivity index is 1.33. The first-order valence-electron chi connectivity index (χ1n) is 12.2. The van der Waals surface area contributed by atoms with E-state index in [1.165, 1.54) is 29.1 Å². The lowest BCUT2D eigenvalue weighted by Crippen LogP contribution is -2.45. The van der Waals surface area contributed by atoms with Crippen molar-refractivity contribution >= 4 is 15.9 Å². The van der Waals surface area contributed by atoms with Gasteiger partial charge in [-0.1, -0.05) is 30.7 Å². The van der Waals surface area contributed by atoms with Gasteiger partial charge in [-0.3, -0.25) is 9.69 Å². The summed E-state index contributed by atoms with van der Waals surface area (Å²) < 4.78 is 32.7. The van der Waals surface area contributed by atoms with Crippen molar-refractivity contribution in [2.45, 2.75) is 50.1 Å². The number of benzene rings is 2. The minimum absolute atomic E-state index is 0.0870. The average Bonchev–Trinajstić information content (AvgIpc) is 2.88. The Morgan fingerprint density at radius 1 is 1.00 bits per heavy atom. The van der Waals surface area contributed by atoms with Gasteiger partial charge in [0.15, 0.2) is 0 Å². The predicted octanol–water partition coefficient (Wildman–Crippen LogP) is 3.40. The zero-order chi connectivity index (χ0) is 24.0. The molecule has 1 amide bonds. The van der Waals surface area contributed by atoms with Gasteiger partial charge in [-0.05, 0) is 74.2 Å². The van der Waals surface area contributed by atoms with Crippen LogP contribution in [0.5, 0.6) is 5.75 Å². The molecular weight excluding hydrogens is 450 g/mol. The Morgan fingerprint density at radius 3 is 2.47 bits per heavy atom. The van der Waals surface area contributed by atoms with Crippen LogP contribution in [0.15, 0.2) is 53.4 Å². The fraction of sp³-hybridized carbons (Fsp3) is 0.500. The van der Waals surface area contributed by atoms with E-state index in [2.05, 4.69) is 22.3 Å². The molecule has 2 aromatic rings. The van der Waals surface area contributed by atoms with Crippen molar-refractivity contribution < 1.29 is 17.9 Å². The molecule has 8 heteroatoms. The van der Waals surface area contributed by atoms with Crippen LogP contribution >= 0.6 is 0 Å². The third-order valence-electron chi connectivity index (χ3n) is 6.77. The van der Waals surface area contributed by atoms with Crippen molar-refractivity contribution in [3.63, 3.8) is 0 Å². The number of hydrogen-bond donors (Lipinski definition) is 1. The van der Waals surface area contributed by atoms with E-state index in [1.807, 2.05) is 12.1 Å². The zero-order valence-electron chi connectivity index (χ0n) is 19.9. The van der Waals surface area contributed by atoms with Crippen LogP contribution in [-0.4, -0.2) is 56.8 Å². The number of likely N-dealkylation sites (tertiary alicyclic amines) is 1. The van der Waals surface area contributed by atoms with Crippen LogP contribution in [0, 0.1) is 5.92 Å². The molecule has 4 rings (SSSR count). The molecule has 0 aromatic heterocycles. The molecule has 0 saturated carbocycles. The summed E-state index contributed by atoms with van der Waals surface area (Å²) in [7, 11) is -2.10. The smallest absolute Gasteiger partial charge is 0.243 e. The Labute approximate surface area is 203 Å². The van der Waals surface area contributed by atoms with Crippen LogP contribution in [0.3, 0.4) is 0 Å². The minimum Gasteiger partial charge on any atom is -0.497 e.